The molecule has 2 aromatic heterocycles. The predicted octanol–water partition coefficient (Wildman–Crippen LogP) is 3.63. The summed E-state index contributed by atoms with van der Waals surface area (Å²) >= 11 is 0. The van der Waals surface area contributed by atoms with Gasteiger partial charge in [0.2, 0.25) is 10.0 Å². The van der Waals surface area contributed by atoms with Gasteiger partial charge in [0.1, 0.15) is 22.3 Å². The zero-order chi connectivity index (χ0) is 23.9. The summed E-state index contributed by atoms with van der Waals surface area (Å²) in [4.78, 5) is 14.9. The van der Waals surface area contributed by atoms with Crippen LogP contribution in [0, 0.1) is 12.7 Å². The highest BCUT2D eigenvalue weighted by atomic mass is 32.2. The lowest BCUT2D eigenvalue weighted by atomic mass is 10.2. The average molecular weight is 472 g/mol. The first kappa shape index (κ1) is 24.7. The Balaban J connectivity index is 2.43. The summed E-state index contributed by atoms with van der Waals surface area (Å²) in [5.74, 6) is -2.78. The van der Waals surface area contributed by atoms with Gasteiger partial charge in [-0.25, -0.2) is 21.6 Å². The number of alkyl halides is 5. The van der Waals surface area contributed by atoms with Gasteiger partial charge in [-0.3, -0.25) is 9.78 Å². The number of nitrogens with one attached hydrogen (secondary N) is 1. The first-order chi connectivity index (χ1) is 14.1. The molecule has 7 nitrogen and oxygen atoms in total. The van der Waals surface area contributed by atoms with Gasteiger partial charge in [-0.05, 0) is 26.0 Å². The number of hydrogen-bond acceptors (Lipinski definition) is 4. The third-order valence-electron chi connectivity index (χ3n) is 4.43. The molecule has 0 aliphatic rings. The van der Waals surface area contributed by atoms with E-state index in [1.807, 2.05) is 0 Å². The van der Waals surface area contributed by atoms with Crippen LogP contribution in [-0.2, 0) is 17.1 Å². The fraction of sp³-hybridized carbons (Fsp3) is 0.412. The van der Waals surface area contributed by atoms with E-state index in [4.69, 9.17) is 0 Å². The lowest BCUT2D eigenvalue weighted by molar-refractivity contribution is -0.164. The molecule has 1 atom stereocenters. The second-order valence-electron chi connectivity index (χ2n) is 6.68. The Kier molecular flexibility index (Phi) is 6.76. The zero-order valence-electron chi connectivity index (χ0n) is 16.6. The van der Waals surface area contributed by atoms with Crippen molar-refractivity contribution in [2.75, 3.05) is 12.4 Å². The molecule has 0 aliphatic carbocycles. The van der Waals surface area contributed by atoms with E-state index in [-0.39, 0.29) is 15.7 Å². The predicted molar refractivity (Wildman–Crippen MR) is 97.7 cm³/mol. The summed E-state index contributed by atoms with van der Waals surface area (Å²) in [6, 6.07) is -0.379. The van der Waals surface area contributed by atoms with Crippen molar-refractivity contribution in [1.29, 1.82) is 0 Å². The number of aromatic nitrogens is 2. The normalized spacial score (nSPS) is 13.7. The zero-order valence-corrected chi connectivity index (χ0v) is 17.4. The highest BCUT2D eigenvalue weighted by Crippen LogP contribution is 2.30. The molecule has 0 bridgehead atoms. The number of amides is 1. The van der Waals surface area contributed by atoms with Crippen molar-refractivity contribution in [3.8, 4) is 0 Å². The van der Waals surface area contributed by atoms with Crippen molar-refractivity contribution in [2.24, 2.45) is 7.05 Å². The molecule has 172 valence electrons. The third kappa shape index (κ3) is 5.01. The van der Waals surface area contributed by atoms with Crippen LogP contribution in [0.5, 0.6) is 0 Å². The number of aryl methyl sites for hydroxylation is 2. The molecular weight excluding hydrogens is 454 g/mol. The molecule has 0 unspecified atom stereocenters. The van der Waals surface area contributed by atoms with E-state index in [1.54, 1.807) is 0 Å². The van der Waals surface area contributed by atoms with Gasteiger partial charge in [0.15, 0.2) is 5.82 Å². The van der Waals surface area contributed by atoms with Crippen LogP contribution in [0.1, 0.15) is 35.2 Å². The number of hydrogen-bond donors (Lipinski definition) is 1. The van der Waals surface area contributed by atoms with E-state index in [2.05, 4.69) is 10.3 Å². The van der Waals surface area contributed by atoms with Crippen LogP contribution >= 0.6 is 0 Å². The number of rotatable bonds is 6. The standard InChI is InChI=1S/C17H18F6N4O3S/c1-8-5-10(6-11(24-8)15(19)20)25-16(28)14-13(18)12(7-26(14)3)31(29,30)27(4)9(2)17(21,22)23/h5-7,9,15H,1-4H3,(H,24,25,28)/t9-/m1/s1. The first-order valence-electron chi connectivity index (χ1n) is 8.55. The van der Waals surface area contributed by atoms with E-state index in [0.29, 0.717) is 20.2 Å². The van der Waals surface area contributed by atoms with Crippen molar-refractivity contribution in [1.82, 2.24) is 13.9 Å². The van der Waals surface area contributed by atoms with Gasteiger partial charge in [0.25, 0.3) is 12.3 Å². The van der Waals surface area contributed by atoms with Crippen molar-refractivity contribution < 1.29 is 39.6 Å². The molecule has 0 saturated heterocycles. The van der Waals surface area contributed by atoms with Gasteiger partial charge in [0, 0.05) is 31.7 Å². The van der Waals surface area contributed by atoms with E-state index in [1.165, 1.54) is 13.0 Å². The van der Waals surface area contributed by atoms with E-state index >= 15 is 0 Å². The summed E-state index contributed by atoms with van der Waals surface area (Å²) < 4.78 is 105. The maximum Gasteiger partial charge on any atom is 0.404 e. The number of halogens is 6. The quantitative estimate of drug-likeness (QED) is 0.651. The topological polar surface area (TPSA) is 84.3 Å². The maximum absolute atomic E-state index is 14.8. The van der Waals surface area contributed by atoms with E-state index < -0.39 is 56.7 Å². The average Bonchev–Trinajstić information content (AvgIpc) is 2.94. The fourth-order valence-electron chi connectivity index (χ4n) is 2.65. The minimum atomic E-state index is -4.96. The van der Waals surface area contributed by atoms with Crippen molar-refractivity contribution in [3.05, 3.63) is 41.2 Å². The molecule has 0 radical (unpaired) electrons. The molecule has 0 saturated carbocycles. The molecule has 0 fully saturated rings. The van der Waals surface area contributed by atoms with Crippen LogP contribution in [0.2, 0.25) is 0 Å². The van der Waals surface area contributed by atoms with Gasteiger partial charge >= 0.3 is 6.18 Å². The Morgan fingerprint density at radius 1 is 1.26 bits per heavy atom. The van der Waals surface area contributed by atoms with Crippen molar-refractivity contribution in [3.63, 3.8) is 0 Å². The van der Waals surface area contributed by atoms with Crippen LogP contribution in [0.4, 0.5) is 32.0 Å². The fourth-order valence-corrected chi connectivity index (χ4v) is 4.11. The molecule has 2 heterocycles. The molecule has 1 N–H and O–H groups in total. The molecule has 2 aromatic rings. The molecule has 0 spiro atoms. The number of sulfonamides is 1. The van der Waals surface area contributed by atoms with E-state index in [0.717, 1.165) is 17.7 Å². The Labute approximate surface area is 173 Å². The SMILES string of the molecule is Cc1cc(NC(=O)c2c(F)c(S(=O)(=O)N(C)[C@H](C)C(F)(F)F)cn2C)cc(C(F)F)n1. The van der Waals surface area contributed by atoms with Crippen LogP contribution in [-0.4, -0.2) is 47.4 Å². The van der Waals surface area contributed by atoms with Crippen molar-refractivity contribution >= 4 is 21.6 Å². The Morgan fingerprint density at radius 3 is 2.35 bits per heavy atom. The summed E-state index contributed by atoms with van der Waals surface area (Å²) in [6.07, 6.45) is -7.19. The van der Waals surface area contributed by atoms with Crippen molar-refractivity contribution in [2.45, 2.75) is 37.4 Å². The number of nitrogens with zero attached hydrogens (tertiary/aromatic N) is 3. The van der Waals surface area contributed by atoms with Gasteiger partial charge in [-0.2, -0.15) is 17.5 Å². The van der Waals surface area contributed by atoms with Gasteiger partial charge in [-0.1, -0.05) is 0 Å². The molecule has 0 aromatic carbocycles. The number of pyridine rings is 1. The summed E-state index contributed by atoms with van der Waals surface area (Å²) in [5, 5.41) is 2.16. The third-order valence-corrected chi connectivity index (χ3v) is 6.35. The molecular formula is C17H18F6N4O3S. The number of carbonyl (C=O) groups is 1. The minimum Gasteiger partial charge on any atom is -0.343 e. The second-order valence-corrected chi connectivity index (χ2v) is 8.65. The summed E-state index contributed by atoms with van der Waals surface area (Å²) in [5.41, 5.74) is -1.49. The lowest BCUT2D eigenvalue weighted by Crippen LogP contribution is -2.44. The van der Waals surface area contributed by atoms with Crippen LogP contribution in [0.15, 0.2) is 23.2 Å². The summed E-state index contributed by atoms with van der Waals surface area (Å²) in [6.45, 7) is 1.96. The maximum atomic E-state index is 14.8. The lowest BCUT2D eigenvalue weighted by Gasteiger charge is -2.25. The molecule has 1 amide bonds. The second kappa shape index (κ2) is 8.49. The highest BCUT2D eigenvalue weighted by Gasteiger charge is 2.44. The van der Waals surface area contributed by atoms with Crippen LogP contribution in [0.3, 0.4) is 0 Å². The first-order valence-corrected chi connectivity index (χ1v) is 9.99. The minimum absolute atomic E-state index is 0.0613. The van der Waals surface area contributed by atoms with Gasteiger partial charge in [0.05, 0.1) is 0 Å². The monoisotopic (exact) mass is 472 g/mol. The molecule has 31 heavy (non-hydrogen) atoms. The molecule has 0 aliphatic heterocycles. The van der Waals surface area contributed by atoms with Crippen LogP contribution < -0.4 is 5.32 Å². The largest absolute Gasteiger partial charge is 0.404 e. The Hall–Kier alpha value is -2.61. The highest BCUT2D eigenvalue weighted by molar-refractivity contribution is 7.89. The number of anilines is 1. The molecule has 14 heteroatoms. The Bertz CT molecular complexity index is 1100. The van der Waals surface area contributed by atoms with Gasteiger partial charge in [-0.15, -0.1) is 0 Å². The van der Waals surface area contributed by atoms with Gasteiger partial charge < -0.3 is 9.88 Å². The Morgan fingerprint density at radius 2 is 1.84 bits per heavy atom. The summed E-state index contributed by atoms with van der Waals surface area (Å²) in [7, 11) is -3.22. The van der Waals surface area contributed by atoms with Crippen LogP contribution in [0.25, 0.3) is 0 Å². The number of carbonyl (C=O) groups excluding carboxylic acids is 1. The smallest absolute Gasteiger partial charge is 0.343 e. The molecule has 2 rings (SSSR count). The van der Waals surface area contributed by atoms with E-state index in [9.17, 15) is 39.6 Å².